The highest BCUT2D eigenvalue weighted by molar-refractivity contribution is 5.92. The molecule has 1 aliphatic heterocycles. The molecule has 1 fully saturated rings. The number of hydrogen-bond donors (Lipinski definition) is 2. The Morgan fingerprint density at radius 1 is 1.29 bits per heavy atom. The molecular weight excluding hydrogens is 392 g/mol. The van der Waals surface area contributed by atoms with Crippen LogP contribution in [0.5, 0.6) is 5.75 Å². The molecule has 31 heavy (non-hydrogen) atoms. The summed E-state index contributed by atoms with van der Waals surface area (Å²) in [5.74, 6) is 1.74. The van der Waals surface area contributed by atoms with Crippen molar-refractivity contribution in [1.82, 2.24) is 15.3 Å². The predicted molar refractivity (Wildman–Crippen MR) is 126 cm³/mol. The lowest BCUT2D eigenvalue weighted by Gasteiger charge is -2.21. The van der Waals surface area contributed by atoms with E-state index in [-0.39, 0.29) is 20.7 Å². The standard InChI is InChI=1S/C24H28N4O3.2H2/c1-15(2)14-31-24(30)25-17-10-11-28(13-17)23-18-9-8-16(3)12-20(18)26-22(27-23)19-6-4-5-7-21(19)29;;/h4-9,12,15,17,29H,10-11,13-14H2,1-3H3,(H,25,30);2*1H/t17-;;/m1../s1. The summed E-state index contributed by atoms with van der Waals surface area (Å²) in [6, 6.07) is 13.2. The number of carbonyl (C=O) groups excluding carboxylic acids is 1. The van der Waals surface area contributed by atoms with E-state index in [0.29, 0.717) is 30.5 Å². The van der Waals surface area contributed by atoms with E-state index < -0.39 is 0 Å². The van der Waals surface area contributed by atoms with Crippen LogP contribution >= 0.6 is 0 Å². The number of nitrogens with zero attached hydrogens (tertiary/aromatic N) is 3. The van der Waals surface area contributed by atoms with Gasteiger partial charge in [-0.2, -0.15) is 0 Å². The lowest BCUT2D eigenvalue weighted by Crippen LogP contribution is -2.38. The van der Waals surface area contributed by atoms with E-state index in [1.54, 1.807) is 12.1 Å². The van der Waals surface area contributed by atoms with E-state index in [4.69, 9.17) is 14.7 Å². The maximum Gasteiger partial charge on any atom is 0.407 e. The summed E-state index contributed by atoms with van der Waals surface area (Å²) in [6.45, 7) is 7.84. The van der Waals surface area contributed by atoms with Gasteiger partial charge in [-0.25, -0.2) is 14.8 Å². The number of nitrogens with one attached hydrogen (secondary N) is 1. The molecule has 2 heterocycles. The quantitative estimate of drug-likeness (QED) is 0.614. The number of phenolic OH excluding ortho intramolecular Hbond substituents is 1. The second-order valence-electron chi connectivity index (χ2n) is 8.48. The van der Waals surface area contributed by atoms with Crippen LogP contribution in [0.2, 0.25) is 0 Å². The average Bonchev–Trinajstić information content (AvgIpc) is 3.19. The zero-order valence-electron chi connectivity index (χ0n) is 18.1. The van der Waals surface area contributed by atoms with Gasteiger partial charge in [-0.3, -0.25) is 0 Å². The highest BCUT2D eigenvalue weighted by atomic mass is 16.5. The summed E-state index contributed by atoms with van der Waals surface area (Å²) < 4.78 is 5.26. The Morgan fingerprint density at radius 2 is 2.10 bits per heavy atom. The molecule has 2 aromatic carbocycles. The third-order valence-electron chi connectivity index (χ3n) is 5.33. The van der Waals surface area contributed by atoms with Gasteiger partial charge >= 0.3 is 6.09 Å². The lowest BCUT2D eigenvalue weighted by atomic mass is 10.1. The molecule has 0 spiro atoms. The highest BCUT2D eigenvalue weighted by Crippen LogP contribution is 2.33. The zero-order chi connectivity index (χ0) is 22.0. The zero-order valence-corrected chi connectivity index (χ0v) is 18.1. The van der Waals surface area contributed by atoms with E-state index >= 15 is 0 Å². The molecule has 3 aromatic rings. The number of hydrogen-bond acceptors (Lipinski definition) is 6. The number of benzene rings is 2. The maximum atomic E-state index is 12.1. The van der Waals surface area contributed by atoms with E-state index in [1.165, 1.54) is 0 Å². The van der Waals surface area contributed by atoms with Gasteiger partial charge in [0.2, 0.25) is 0 Å². The molecule has 7 heteroatoms. The first-order valence-corrected chi connectivity index (χ1v) is 10.7. The summed E-state index contributed by atoms with van der Waals surface area (Å²) in [7, 11) is 0. The highest BCUT2D eigenvalue weighted by Gasteiger charge is 2.27. The van der Waals surface area contributed by atoms with Gasteiger partial charge in [0, 0.05) is 21.3 Å². The summed E-state index contributed by atoms with van der Waals surface area (Å²) in [6.07, 6.45) is 0.429. The third kappa shape index (κ3) is 4.71. The number of alkyl carbamates (subject to hydrolysis) is 1. The van der Waals surface area contributed by atoms with E-state index in [2.05, 4.69) is 10.2 Å². The van der Waals surface area contributed by atoms with Crippen LogP contribution in [0.3, 0.4) is 0 Å². The molecule has 1 saturated heterocycles. The minimum atomic E-state index is -0.376. The molecule has 1 atom stereocenters. The SMILES string of the molecule is Cc1ccc2c(N3CC[C@@H](NC(=O)OCC(C)C)C3)nc(-c3ccccc3O)nc2c1.[HH].[HH]. The minimum absolute atomic E-state index is 0. The number of aromatic nitrogens is 2. The fourth-order valence-corrected chi connectivity index (χ4v) is 3.77. The molecule has 0 saturated carbocycles. The Kier molecular flexibility index (Phi) is 5.93. The van der Waals surface area contributed by atoms with Gasteiger partial charge in [-0.1, -0.05) is 32.0 Å². The monoisotopic (exact) mass is 424 g/mol. The van der Waals surface area contributed by atoms with E-state index in [1.807, 2.05) is 51.1 Å². The second-order valence-corrected chi connectivity index (χ2v) is 8.48. The van der Waals surface area contributed by atoms with Crippen molar-refractivity contribution in [3.05, 3.63) is 48.0 Å². The van der Waals surface area contributed by atoms with Crippen molar-refractivity contribution in [2.75, 3.05) is 24.6 Å². The van der Waals surface area contributed by atoms with E-state index in [9.17, 15) is 9.90 Å². The van der Waals surface area contributed by atoms with Crippen LogP contribution in [0.25, 0.3) is 22.3 Å². The Bertz CT molecular complexity index is 1110. The van der Waals surface area contributed by atoms with Gasteiger partial charge in [-0.15, -0.1) is 0 Å². The Morgan fingerprint density at radius 3 is 2.87 bits per heavy atom. The van der Waals surface area contributed by atoms with Crippen molar-refractivity contribution in [2.24, 2.45) is 5.92 Å². The van der Waals surface area contributed by atoms with Crippen LogP contribution in [0.15, 0.2) is 42.5 Å². The van der Waals surface area contributed by atoms with Crippen LogP contribution in [-0.2, 0) is 4.74 Å². The number of aromatic hydroxyl groups is 1. The molecule has 7 nitrogen and oxygen atoms in total. The molecule has 0 radical (unpaired) electrons. The maximum absolute atomic E-state index is 12.1. The van der Waals surface area contributed by atoms with Gasteiger partial charge in [0.25, 0.3) is 0 Å². The number of ether oxygens (including phenoxy) is 1. The lowest BCUT2D eigenvalue weighted by molar-refractivity contribution is 0.130. The molecule has 0 aliphatic carbocycles. The Balaban J connectivity index is 0.00000193. The van der Waals surface area contributed by atoms with Gasteiger partial charge in [0.1, 0.15) is 11.6 Å². The van der Waals surface area contributed by atoms with Gasteiger partial charge in [0.05, 0.1) is 23.7 Å². The van der Waals surface area contributed by atoms with Crippen molar-refractivity contribution < 1.29 is 17.5 Å². The minimum Gasteiger partial charge on any atom is -0.507 e. The van der Waals surface area contributed by atoms with Crippen LogP contribution in [0, 0.1) is 12.8 Å². The number of rotatable bonds is 5. The largest absolute Gasteiger partial charge is 0.507 e. The first kappa shape index (κ1) is 20.9. The van der Waals surface area contributed by atoms with Crippen LogP contribution in [0.1, 0.15) is 28.7 Å². The van der Waals surface area contributed by atoms with E-state index in [0.717, 1.165) is 35.2 Å². The van der Waals surface area contributed by atoms with Crippen molar-refractivity contribution in [2.45, 2.75) is 33.2 Å². The summed E-state index contributed by atoms with van der Waals surface area (Å²) in [5, 5.41) is 14.2. The average molecular weight is 425 g/mol. The summed E-state index contributed by atoms with van der Waals surface area (Å²) >= 11 is 0. The molecule has 0 bridgehead atoms. The number of para-hydroxylation sites is 1. The van der Waals surface area contributed by atoms with Crippen molar-refractivity contribution in [3.8, 4) is 17.1 Å². The molecule has 166 valence electrons. The number of phenols is 1. The van der Waals surface area contributed by atoms with Crippen molar-refractivity contribution >= 4 is 22.8 Å². The van der Waals surface area contributed by atoms with Crippen LogP contribution in [-0.4, -0.2) is 46.9 Å². The third-order valence-corrected chi connectivity index (χ3v) is 5.33. The summed E-state index contributed by atoms with van der Waals surface area (Å²) in [4.78, 5) is 23.8. The number of fused-ring (bicyclic) bond motifs is 1. The van der Waals surface area contributed by atoms with Gasteiger partial charge in [0.15, 0.2) is 5.82 Å². The number of carbonyl (C=O) groups is 1. The first-order chi connectivity index (χ1) is 14.9. The molecule has 2 N–H and O–H groups in total. The molecule has 1 aliphatic rings. The smallest absolute Gasteiger partial charge is 0.407 e. The van der Waals surface area contributed by atoms with Gasteiger partial charge < -0.3 is 20.1 Å². The first-order valence-electron chi connectivity index (χ1n) is 10.7. The number of amides is 1. The predicted octanol–water partition coefficient (Wildman–Crippen LogP) is 4.76. The molecule has 4 rings (SSSR count). The molecular formula is C24H32N4O3. The summed E-state index contributed by atoms with van der Waals surface area (Å²) in [5.41, 5.74) is 2.53. The topological polar surface area (TPSA) is 87.6 Å². The van der Waals surface area contributed by atoms with Crippen LogP contribution < -0.4 is 10.2 Å². The van der Waals surface area contributed by atoms with Crippen LogP contribution in [0.4, 0.5) is 10.6 Å². The van der Waals surface area contributed by atoms with Gasteiger partial charge in [-0.05, 0) is 49.1 Å². The Labute approximate surface area is 185 Å². The fourth-order valence-electron chi connectivity index (χ4n) is 3.77. The molecule has 1 aromatic heterocycles. The molecule has 1 amide bonds. The number of anilines is 1. The number of aryl methyl sites for hydroxylation is 1. The Hall–Kier alpha value is -3.35. The van der Waals surface area contributed by atoms with Crippen molar-refractivity contribution in [3.63, 3.8) is 0 Å². The normalized spacial score (nSPS) is 16.1. The second kappa shape index (κ2) is 8.79. The van der Waals surface area contributed by atoms with Crippen molar-refractivity contribution in [1.29, 1.82) is 0 Å². The molecule has 0 unspecified atom stereocenters. The fraction of sp³-hybridized carbons (Fsp3) is 0.375.